The van der Waals surface area contributed by atoms with Gasteiger partial charge < -0.3 is 29.5 Å². The van der Waals surface area contributed by atoms with Crippen LogP contribution in [0.2, 0.25) is 0 Å². The summed E-state index contributed by atoms with van der Waals surface area (Å²) in [5.41, 5.74) is 2.12. The second-order valence-corrected chi connectivity index (χ2v) is 24.6. The van der Waals surface area contributed by atoms with Gasteiger partial charge in [-0.15, -0.1) is 0 Å². The van der Waals surface area contributed by atoms with Crippen molar-refractivity contribution in [1.29, 1.82) is 0 Å². The third-order valence-electron chi connectivity index (χ3n) is 19.7. The maximum Gasteiger partial charge on any atom is 0.306 e. The Labute approximate surface area is 419 Å². The van der Waals surface area contributed by atoms with Crippen LogP contribution in [0, 0.1) is 52.3 Å². The molecule has 5 aliphatic rings. The molecule has 0 amide bonds. The molecule has 7 heteroatoms. The van der Waals surface area contributed by atoms with Crippen LogP contribution < -0.4 is 0 Å². The zero-order valence-electron chi connectivity index (χ0n) is 45.5. The van der Waals surface area contributed by atoms with E-state index in [0.717, 1.165) is 80.5 Å². The van der Waals surface area contributed by atoms with Crippen molar-refractivity contribution in [1.82, 2.24) is 0 Å². The molecule has 0 aromatic rings. The van der Waals surface area contributed by atoms with E-state index in [1.807, 2.05) is 0 Å². The van der Waals surface area contributed by atoms with Crippen LogP contribution in [0.4, 0.5) is 0 Å². The molecule has 0 aromatic heterocycles. The van der Waals surface area contributed by atoms with Gasteiger partial charge in [0.25, 0.3) is 0 Å². The molecule has 0 aromatic carbocycles. The molecule has 0 bridgehead atoms. The van der Waals surface area contributed by atoms with E-state index in [-0.39, 0.29) is 17.9 Å². The summed E-state index contributed by atoms with van der Waals surface area (Å²) in [7, 11) is 0. The molecule has 14 atom stereocenters. The maximum atomic E-state index is 13.1. The van der Waals surface area contributed by atoms with Crippen LogP contribution in [-0.2, 0) is 19.0 Å². The van der Waals surface area contributed by atoms with Gasteiger partial charge in [-0.3, -0.25) is 4.79 Å². The smallest absolute Gasteiger partial charge is 0.306 e. The van der Waals surface area contributed by atoms with Crippen LogP contribution in [0.3, 0.4) is 0 Å². The highest BCUT2D eigenvalue weighted by Crippen LogP contribution is 2.67. The molecule has 4 fully saturated rings. The molecule has 1 aliphatic heterocycles. The van der Waals surface area contributed by atoms with Gasteiger partial charge in [0.2, 0.25) is 0 Å². The number of carbonyl (C=O) groups excluding carboxylic acids is 1. The Bertz CT molecular complexity index is 1410. The molecule has 3 saturated carbocycles. The average Bonchev–Trinajstić information content (AvgIpc) is 3.69. The number of hydrogen-bond acceptors (Lipinski definition) is 7. The number of allylic oxidation sites excluding steroid dienone is 1. The van der Waals surface area contributed by atoms with E-state index in [4.69, 9.17) is 14.2 Å². The molecule has 68 heavy (non-hydrogen) atoms. The van der Waals surface area contributed by atoms with Crippen LogP contribution in [0.5, 0.6) is 0 Å². The lowest BCUT2D eigenvalue weighted by Gasteiger charge is -2.58. The van der Waals surface area contributed by atoms with E-state index in [9.17, 15) is 20.1 Å². The summed E-state index contributed by atoms with van der Waals surface area (Å²) >= 11 is 0. The van der Waals surface area contributed by atoms with Crippen LogP contribution in [0.15, 0.2) is 11.6 Å². The van der Waals surface area contributed by atoms with Crippen molar-refractivity contribution in [3.8, 4) is 0 Å². The third-order valence-corrected chi connectivity index (χ3v) is 19.7. The summed E-state index contributed by atoms with van der Waals surface area (Å²) < 4.78 is 18.3. The van der Waals surface area contributed by atoms with Gasteiger partial charge in [0.15, 0.2) is 12.4 Å². The third kappa shape index (κ3) is 16.5. The minimum Gasteiger partial charge on any atom is -0.456 e. The number of carbonyl (C=O) groups is 1. The van der Waals surface area contributed by atoms with E-state index >= 15 is 0 Å². The normalized spacial score (nSPS) is 33.4. The standard InChI is InChI=1S/C61H110O7/c1-8-10-11-12-13-14-15-16-17-18-19-20-21-22-23-24-25-26-27-28-29-30-31-32-55(63)68-58-56(64)54(44-62)67-59(57(58)65)66-49-39-41-60(6)48(43-49)35-36-50-52-38-37-51(61(52,7)42-40-53(50)60)46(5)33-34-47(9-2)45(3)4/h35,45-47,49-54,56-59,62,64-65H,8-34,36-44H2,1-7H3. The fraction of sp³-hybridized carbons (Fsp3) is 0.951. The summed E-state index contributed by atoms with van der Waals surface area (Å²) in [6, 6.07) is 0. The Morgan fingerprint density at radius 2 is 1.26 bits per heavy atom. The summed E-state index contributed by atoms with van der Waals surface area (Å²) in [6.45, 7) is 16.8. The monoisotopic (exact) mass is 955 g/mol. The maximum absolute atomic E-state index is 13.1. The lowest BCUT2D eigenvalue weighted by molar-refractivity contribution is -0.314. The van der Waals surface area contributed by atoms with Crippen molar-refractivity contribution in [2.45, 2.75) is 310 Å². The van der Waals surface area contributed by atoms with Crippen molar-refractivity contribution < 1.29 is 34.3 Å². The van der Waals surface area contributed by atoms with Gasteiger partial charge in [0.05, 0.1) is 12.7 Å². The van der Waals surface area contributed by atoms with E-state index in [1.165, 1.54) is 179 Å². The van der Waals surface area contributed by atoms with Gasteiger partial charge >= 0.3 is 5.97 Å². The summed E-state index contributed by atoms with van der Waals surface area (Å²) in [6.07, 6.45) is 40.6. The molecular weight excluding hydrogens is 845 g/mol. The SMILES string of the molecule is CCCCCCCCCCCCCCCCCCCCCCCCCC(=O)OC1C(O)C(CO)OC(OC2CCC3(C)C(=CCC4C3CCC3(C)C(C(C)CCC(CC)C(C)C)CCC43)C2)C1O. The Balaban J connectivity index is 0.942. The second kappa shape index (κ2) is 30.3. The van der Waals surface area contributed by atoms with Crippen molar-refractivity contribution in [2.75, 3.05) is 6.61 Å². The van der Waals surface area contributed by atoms with Crippen molar-refractivity contribution >= 4 is 5.97 Å². The fourth-order valence-electron chi connectivity index (χ4n) is 15.2. The van der Waals surface area contributed by atoms with E-state index in [2.05, 4.69) is 54.5 Å². The molecule has 3 N–H and O–H groups in total. The van der Waals surface area contributed by atoms with Crippen molar-refractivity contribution in [2.24, 2.45) is 52.3 Å². The van der Waals surface area contributed by atoms with Crippen LogP contribution in [-0.4, -0.2) is 64.7 Å². The van der Waals surface area contributed by atoms with Crippen molar-refractivity contribution in [3.63, 3.8) is 0 Å². The number of fused-ring (bicyclic) bond motifs is 5. The number of aliphatic hydroxyl groups is 3. The predicted octanol–water partition coefficient (Wildman–Crippen LogP) is 15.8. The average molecular weight is 956 g/mol. The topological polar surface area (TPSA) is 105 Å². The zero-order chi connectivity index (χ0) is 48.9. The van der Waals surface area contributed by atoms with Crippen LogP contribution >= 0.6 is 0 Å². The predicted molar refractivity (Wildman–Crippen MR) is 281 cm³/mol. The van der Waals surface area contributed by atoms with Crippen LogP contribution in [0.25, 0.3) is 0 Å². The van der Waals surface area contributed by atoms with E-state index < -0.39 is 43.3 Å². The lowest BCUT2D eigenvalue weighted by atomic mass is 9.47. The molecule has 4 aliphatic carbocycles. The Hall–Kier alpha value is -0.990. The van der Waals surface area contributed by atoms with Crippen LogP contribution in [0.1, 0.15) is 273 Å². The molecule has 0 spiro atoms. The first kappa shape index (κ1) is 57.9. The summed E-state index contributed by atoms with van der Waals surface area (Å²) in [4.78, 5) is 13.1. The van der Waals surface area contributed by atoms with Gasteiger partial charge in [-0.25, -0.2) is 0 Å². The molecule has 0 radical (unpaired) electrons. The highest BCUT2D eigenvalue weighted by Gasteiger charge is 2.59. The molecule has 7 nitrogen and oxygen atoms in total. The number of ether oxygens (including phenoxy) is 3. The summed E-state index contributed by atoms with van der Waals surface area (Å²) in [5, 5.41) is 32.7. The molecular formula is C61H110O7. The van der Waals surface area contributed by atoms with Crippen molar-refractivity contribution in [3.05, 3.63) is 11.6 Å². The minimum absolute atomic E-state index is 0.145. The largest absolute Gasteiger partial charge is 0.456 e. The van der Waals surface area contributed by atoms with E-state index in [0.29, 0.717) is 11.3 Å². The molecule has 1 heterocycles. The number of hydrogen-bond donors (Lipinski definition) is 3. The zero-order valence-corrected chi connectivity index (χ0v) is 45.5. The highest BCUT2D eigenvalue weighted by molar-refractivity contribution is 5.69. The molecule has 14 unspecified atom stereocenters. The van der Waals surface area contributed by atoms with Gasteiger partial charge in [-0.2, -0.15) is 0 Å². The molecule has 1 saturated heterocycles. The molecule has 396 valence electrons. The van der Waals surface area contributed by atoms with Gasteiger partial charge in [0.1, 0.15) is 18.3 Å². The first-order chi connectivity index (χ1) is 32.9. The fourth-order valence-corrected chi connectivity index (χ4v) is 15.2. The number of aliphatic hydroxyl groups excluding tert-OH is 3. The Morgan fingerprint density at radius 1 is 0.706 bits per heavy atom. The van der Waals surface area contributed by atoms with Gasteiger partial charge in [-0.1, -0.05) is 214 Å². The number of esters is 1. The number of unbranched alkanes of at least 4 members (excludes halogenated alkanes) is 22. The summed E-state index contributed by atoms with van der Waals surface area (Å²) in [5.74, 6) is 5.11. The van der Waals surface area contributed by atoms with Gasteiger partial charge in [0, 0.05) is 6.42 Å². The first-order valence-electron chi connectivity index (χ1n) is 30.0. The lowest BCUT2D eigenvalue weighted by Crippen LogP contribution is -2.61. The first-order valence-corrected chi connectivity index (χ1v) is 30.0. The Morgan fingerprint density at radius 3 is 1.79 bits per heavy atom. The van der Waals surface area contributed by atoms with Gasteiger partial charge in [-0.05, 0) is 116 Å². The quantitative estimate of drug-likeness (QED) is 0.0335. The Kier molecular flexibility index (Phi) is 25.8. The highest BCUT2D eigenvalue weighted by atomic mass is 16.7. The minimum atomic E-state index is -1.34. The van der Waals surface area contributed by atoms with E-state index in [1.54, 1.807) is 0 Å². The molecule has 5 rings (SSSR count). The second-order valence-electron chi connectivity index (χ2n) is 24.6. The number of rotatable bonds is 34.